The Bertz CT molecular complexity index is 1070. The van der Waals surface area contributed by atoms with Gasteiger partial charge >= 0.3 is 12.4 Å². The van der Waals surface area contributed by atoms with Crippen LogP contribution in [0, 0.1) is 5.92 Å². The molecule has 4 rings (SSSR count). The number of halogens is 7. The van der Waals surface area contributed by atoms with Crippen LogP contribution in [0.15, 0.2) is 48.5 Å². The average Bonchev–Trinajstić information content (AvgIpc) is 2.88. The average molecular weight is 579 g/mol. The molecule has 1 saturated heterocycles. The molecule has 2 aromatic carbocycles. The van der Waals surface area contributed by atoms with Gasteiger partial charge in [0.25, 0.3) is 0 Å². The van der Waals surface area contributed by atoms with E-state index < -0.39 is 35.7 Å². The Morgan fingerprint density at radius 1 is 0.923 bits per heavy atom. The number of piperidine rings is 1. The van der Waals surface area contributed by atoms with Gasteiger partial charge in [0.15, 0.2) is 0 Å². The van der Waals surface area contributed by atoms with E-state index in [1.807, 2.05) is 35.2 Å². The summed E-state index contributed by atoms with van der Waals surface area (Å²) >= 11 is 0. The maximum Gasteiger partial charge on any atom is 0.416 e. The van der Waals surface area contributed by atoms with Gasteiger partial charge in [-0.1, -0.05) is 30.3 Å². The van der Waals surface area contributed by atoms with Gasteiger partial charge in [0, 0.05) is 31.0 Å². The van der Waals surface area contributed by atoms with Crippen molar-refractivity contribution in [3.63, 3.8) is 0 Å². The molecule has 1 heterocycles. The van der Waals surface area contributed by atoms with E-state index in [9.17, 15) is 31.1 Å². The summed E-state index contributed by atoms with van der Waals surface area (Å²) in [5, 5.41) is 0. The molecule has 3 unspecified atom stereocenters. The predicted octanol–water partition coefficient (Wildman–Crippen LogP) is 7.13. The number of alkyl halides is 6. The highest BCUT2D eigenvalue weighted by Crippen LogP contribution is 2.40. The Labute approximate surface area is 230 Å². The van der Waals surface area contributed by atoms with Crippen LogP contribution in [-0.2, 0) is 21.9 Å². The highest BCUT2D eigenvalue weighted by Gasteiger charge is 2.39. The van der Waals surface area contributed by atoms with Crippen LogP contribution in [0.25, 0.3) is 0 Å². The van der Waals surface area contributed by atoms with Crippen LogP contribution in [0.5, 0.6) is 0 Å². The van der Waals surface area contributed by atoms with Gasteiger partial charge in [0.2, 0.25) is 5.91 Å². The van der Waals surface area contributed by atoms with E-state index in [4.69, 9.17) is 10.5 Å². The van der Waals surface area contributed by atoms with Gasteiger partial charge in [0.05, 0.1) is 23.3 Å². The van der Waals surface area contributed by atoms with Gasteiger partial charge < -0.3 is 15.4 Å². The lowest BCUT2D eigenvalue weighted by molar-refractivity contribution is -0.143. The van der Waals surface area contributed by atoms with Crippen molar-refractivity contribution >= 4 is 18.3 Å². The summed E-state index contributed by atoms with van der Waals surface area (Å²) < 4.78 is 86.5. The molecule has 2 fully saturated rings. The van der Waals surface area contributed by atoms with Crippen molar-refractivity contribution in [1.82, 2.24) is 4.90 Å². The first-order valence-electron chi connectivity index (χ1n) is 12.9. The number of carbonyl (C=O) groups is 1. The first kappa shape index (κ1) is 31.2. The SMILES string of the molecule is CC(OC1CCN(C(=O)C2CCC(N)CC2)CC1c1ccccc1)c1cc(C(F)(F)F)cc(C(F)(F)F)c1.Cl. The number of likely N-dealkylation sites (tertiary alicyclic amines) is 1. The molecule has 1 aliphatic heterocycles. The molecule has 0 radical (unpaired) electrons. The molecular formula is C28H33ClF6N2O2. The predicted molar refractivity (Wildman–Crippen MR) is 137 cm³/mol. The summed E-state index contributed by atoms with van der Waals surface area (Å²) in [6.07, 6.45) is -7.92. The molecule has 0 bridgehead atoms. The van der Waals surface area contributed by atoms with Gasteiger partial charge in [-0.15, -0.1) is 12.4 Å². The topological polar surface area (TPSA) is 55.6 Å². The van der Waals surface area contributed by atoms with E-state index in [0.29, 0.717) is 31.6 Å². The van der Waals surface area contributed by atoms with Crippen molar-refractivity contribution in [2.45, 2.75) is 75.5 Å². The standard InChI is InChI=1S/C28H32F6N2O2.ClH/c1-17(20-13-21(27(29,30)31)15-22(14-20)28(32,33)34)38-25-11-12-36(16-24(25)18-5-3-2-4-6-18)26(37)19-7-9-23(35)10-8-19;/h2-6,13-15,17,19,23-25H,7-12,16,35H2,1H3;1H. The molecule has 1 amide bonds. The zero-order valence-electron chi connectivity index (χ0n) is 21.5. The molecule has 0 aromatic heterocycles. The fraction of sp³-hybridized carbons (Fsp3) is 0.536. The smallest absolute Gasteiger partial charge is 0.370 e. The largest absolute Gasteiger partial charge is 0.416 e. The number of ether oxygens (including phenoxy) is 1. The zero-order chi connectivity index (χ0) is 27.7. The van der Waals surface area contributed by atoms with Crippen molar-refractivity contribution in [2.24, 2.45) is 11.7 Å². The van der Waals surface area contributed by atoms with Crippen LogP contribution in [0.3, 0.4) is 0 Å². The number of amides is 1. The maximum atomic E-state index is 13.4. The Hall–Kier alpha value is -2.30. The molecule has 0 spiro atoms. The molecule has 216 valence electrons. The van der Waals surface area contributed by atoms with E-state index in [1.54, 1.807) is 0 Å². The lowest BCUT2D eigenvalue weighted by Gasteiger charge is -2.41. The lowest BCUT2D eigenvalue weighted by Crippen LogP contribution is -2.48. The number of rotatable bonds is 5. The minimum atomic E-state index is -4.93. The minimum Gasteiger partial charge on any atom is -0.370 e. The van der Waals surface area contributed by atoms with E-state index in [2.05, 4.69) is 0 Å². The van der Waals surface area contributed by atoms with Gasteiger partial charge in [-0.25, -0.2) is 0 Å². The van der Waals surface area contributed by atoms with Crippen molar-refractivity contribution in [3.8, 4) is 0 Å². The van der Waals surface area contributed by atoms with Crippen molar-refractivity contribution in [2.75, 3.05) is 13.1 Å². The highest BCUT2D eigenvalue weighted by molar-refractivity contribution is 5.85. The summed E-state index contributed by atoms with van der Waals surface area (Å²) in [4.78, 5) is 15.1. The Balaban J connectivity index is 0.00000420. The van der Waals surface area contributed by atoms with E-state index in [1.165, 1.54) is 6.92 Å². The zero-order valence-corrected chi connectivity index (χ0v) is 22.3. The van der Waals surface area contributed by atoms with Crippen molar-refractivity contribution in [3.05, 3.63) is 70.8 Å². The van der Waals surface area contributed by atoms with Gasteiger partial charge in [-0.3, -0.25) is 4.79 Å². The molecule has 4 nitrogen and oxygen atoms in total. The number of hydrogen-bond donors (Lipinski definition) is 1. The van der Waals surface area contributed by atoms with Crippen LogP contribution < -0.4 is 5.73 Å². The van der Waals surface area contributed by atoms with Gasteiger partial charge in [0.1, 0.15) is 0 Å². The third kappa shape index (κ3) is 7.67. The van der Waals surface area contributed by atoms with Crippen LogP contribution in [0.1, 0.15) is 73.3 Å². The van der Waals surface area contributed by atoms with E-state index in [-0.39, 0.29) is 47.8 Å². The summed E-state index contributed by atoms with van der Waals surface area (Å²) in [5.74, 6) is -0.305. The molecule has 1 aliphatic carbocycles. The number of nitrogens with two attached hydrogens (primary N) is 1. The number of carbonyl (C=O) groups excluding carboxylic acids is 1. The molecular weight excluding hydrogens is 546 g/mol. The third-order valence-corrected chi connectivity index (χ3v) is 7.67. The molecule has 1 saturated carbocycles. The van der Waals surface area contributed by atoms with Crippen LogP contribution in [-0.4, -0.2) is 36.0 Å². The normalized spacial score (nSPS) is 25.1. The fourth-order valence-electron chi connectivity index (χ4n) is 5.49. The second-order valence-corrected chi connectivity index (χ2v) is 10.4. The lowest BCUT2D eigenvalue weighted by atomic mass is 9.83. The molecule has 39 heavy (non-hydrogen) atoms. The summed E-state index contributed by atoms with van der Waals surface area (Å²) in [6, 6.07) is 11.0. The second kappa shape index (κ2) is 12.5. The Morgan fingerprint density at radius 2 is 1.49 bits per heavy atom. The first-order chi connectivity index (χ1) is 17.8. The summed E-state index contributed by atoms with van der Waals surface area (Å²) in [7, 11) is 0. The molecule has 2 N–H and O–H groups in total. The molecule has 2 aromatic rings. The quantitative estimate of drug-likeness (QED) is 0.384. The van der Waals surface area contributed by atoms with Crippen LogP contribution >= 0.6 is 12.4 Å². The Kier molecular flexibility index (Phi) is 9.99. The van der Waals surface area contributed by atoms with E-state index in [0.717, 1.165) is 31.2 Å². The van der Waals surface area contributed by atoms with Gasteiger partial charge in [-0.05, 0) is 68.4 Å². The van der Waals surface area contributed by atoms with E-state index >= 15 is 0 Å². The molecule has 3 atom stereocenters. The van der Waals surface area contributed by atoms with Crippen LogP contribution in [0.4, 0.5) is 26.3 Å². The number of benzene rings is 2. The van der Waals surface area contributed by atoms with Crippen molar-refractivity contribution in [1.29, 1.82) is 0 Å². The maximum absolute atomic E-state index is 13.4. The monoisotopic (exact) mass is 578 g/mol. The fourth-order valence-corrected chi connectivity index (χ4v) is 5.49. The van der Waals surface area contributed by atoms with Gasteiger partial charge in [-0.2, -0.15) is 26.3 Å². The highest BCUT2D eigenvalue weighted by atomic mass is 35.5. The molecule has 2 aliphatic rings. The third-order valence-electron chi connectivity index (χ3n) is 7.67. The number of hydrogen-bond acceptors (Lipinski definition) is 3. The molecule has 11 heteroatoms. The minimum absolute atomic E-state index is 0. The number of nitrogens with zero attached hydrogens (tertiary/aromatic N) is 1. The van der Waals surface area contributed by atoms with Crippen molar-refractivity contribution < 1.29 is 35.9 Å². The summed E-state index contributed by atoms with van der Waals surface area (Å²) in [5.41, 5.74) is 3.94. The second-order valence-electron chi connectivity index (χ2n) is 10.4. The van der Waals surface area contributed by atoms with Crippen LogP contribution in [0.2, 0.25) is 0 Å². The Morgan fingerprint density at radius 3 is 2.03 bits per heavy atom. The first-order valence-corrected chi connectivity index (χ1v) is 12.9. The summed E-state index contributed by atoms with van der Waals surface area (Å²) in [6.45, 7) is 2.22.